The standard InChI is InChI=1S/C29H35NO5/c1-5-10-21-27(31)24-17-19(29(32)34-16-15-30(6-2)7-3)13-14-26(24)35-28(21)23-18-22(23)20-11-8-9-12-25(20)33-4/h8-9,11-14,17,22-23H,5-7,10,15-16,18H2,1-4H3. The van der Waals surface area contributed by atoms with Crippen LogP contribution in [0, 0.1) is 0 Å². The zero-order valence-corrected chi connectivity index (χ0v) is 21.1. The molecular weight excluding hydrogens is 442 g/mol. The number of esters is 1. The SMILES string of the molecule is CCCc1c(C2CC2c2ccccc2OC)oc2ccc(C(=O)OCCN(CC)CC)cc2c1=O. The molecule has 2 unspecified atom stereocenters. The molecule has 186 valence electrons. The molecule has 0 N–H and O–H groups in total. The molecule has 2 aromatic carbocycles. The number of nitrogens with zero attached hydrogens (tertiary/aromatic N) is 1. The predicted molar refractivity (Wildman–Crippen MR) is 138 cm³/mol. The fraction of sp³-hybridized carbons (Fsp3) is 0.448. The molecule has 1 saturated carbocycles. The molecule has 0 radical (unpaired) electrons. The number of carbonyl (C=O) groups excluding carboxylic acids is 1. The van der Waals surface area contributed by atoms with Crippen LogP contribution in [-0.2, 0) is 11.2 Å². The van der Waals surface area contributed by atoms with Crippen molar-refractivity contribution >= 4 is 16.9 Å². The molecule has 1 aliphatic rings. The van der Waals surface area contributed by atoms with Crippen LogP contribution in [-0.4, -0.2) is 44.2 Å². The third kappa shape index (κ3) is 5.27. The first-order valence-electron chi connectivity index (χ1n) is 12.6. The summed E-state index contributed by atoms with van der Waals surface area (Å²) >= 11 is 0. The Bertz CT molecular complexity index is 1240. The van der Waals surface area contributed by atoms with Gasteiger partial charge >= 0.3 is 5.97 Å². The average molecular weight is 478 g/mol. The van der Waals surface area contributed by atoms with Gasteiger partial charge in [-0.25, -0.2) is 4.79 Å². The Morgan fingerprint density at radius 2 is 1.86 bits per heavy atom. The molecule has 3 aromatic rings. The molecule has 35 heavy (non-hydrogen) atoms. The minimum atomic E-state index is -0.419. The van der Waals surface area contributed by atoms with Gasteiger partial charge in [-0.15, -0.1) is 0 Å². The summed E-state index contributed by atoms with van der Waals surface area (Å²) in [7, 11) is 1.68. The second-order valence-electron chi connectivity index (χ2n) is 9.09. The topological polar surface area (TPSA) is 69.0 Å². The van der Waals surface area contributed by atoms with Crippen molar-refractivity contribution in [2.75, 3.05) is 33.4 Å². The highest BCUT2D eigenvalue weighted by Crippen LogP contribution is 2.57. The van der Waals surface area contributed by atoms with Gasteiger partial charge in [0.25, 0.3) is 0 Å². The number of hydrogen-bond donors (Lipinski definition) is 0. The van der Waals surface area contributed by atoms with Crippen molar-refractivity contribution in [1.29, 1.82) is 0 Å². The molecule has 0 saturated heterocycles. The van der Waals surface area contributed by atoms with E-state index in [1.165, 1.54) is 0 Å². The van der Waals surface area contributed by atoms with Crippen LogP contribution < -0.4 is 10.2 Å². The van der Waals surface area contributed by atoms with Crippen LogP contribution in [0.25, 0.3) is 11.0 Å². The van der Waals surface area contributed by atoms with Gasteiger partial charge in [-0.3, -0.25) is 4.79 Å². The van der Waals surface area contributed by atoms with E-state index in [2.05, 4.69) is 31.7 Å². The lowest BCUT2D eigenvalue weighted by molar-refractivity contribution is 0.0466. The Kier molecular flexibility index (Phi) is 7.91. The quantitative estimate of drug-likeness (QED) is 0.339. The van der Waals surface area contributed by atoms with E-state index in [0.717, 1.165) is 48.6 Å². The molecule has 6 nitrogen and oxygen atoms in total. The predicted octanol–water partition coefficient (Wildman–Crippen LogP) is 5.52. The van der Waals surface area contributed by atoms with Crippen LogP contribution in [0.5, 0.6) is 5.75 Å². The molecule has 0 amide bonds. The molecule has 0 spiro atoms. The highest BCUT2D eigenvalue weighted by atomic mass is 16.5. The lowest BCUT2D eigenvalue weighted by atomic mass is 10.00. The maximum absolute atomic E-state index is 13.6. The van der Waals surface area contributed by atoms with Gasteiger partial charge in [0.1, 0.15) is 23.7 Å². The van der Waals surface area contributed by atoms with Gasteiger partial charge in [0.05, 0.1) is 18.1 Å². The fourth-order valence-electron chi connectivity index (χ4n) is 4.86. The van der Waals surface area contributed by atoms with Gasteiger partial charge in [-0.05, 0) is 61.7 Å². The van der Waals surface area contributed by atoms with Gasteiger partial charge in [-0.1, -0.05) is 45.4 Å². The summed E-state index contributed by atoms with van der Waals surface area (Å²) in [6, 6.07) is 13.0. The monoisotopic (exact) mass is 477 g/mol. The average Bonchev–Trinajstić information content (AvgIpc) is 3.68. The first kappa shape index (κ1) is 25.0. The van der Waals surface area contributed by atoms with E-state index in [9.17, 15) is 9.59 Å². The largest absolute Gasteiger partial charge is 0.496 e. The molecule has 0 aliphatic heterocycles. The van der Waals surface area contributed by atoms with E-state index < -0.39 is 5.97 Å². The summed E-state index contributed by atoms with van der Waals surface area (Å²) in [6.07, 6.45) is 2.40. The number of benzene rings is 2. The summed E-state index contributed by atoms with van der Waals surface area (Å²) < 4.78 is 17.4. The minimum absolute atomic E-state index is 0.0495. The highest BCUT2D eigenvalue weighted by Gasteiger charge is 2.44. The van der Waals surface area contributed by atoms with Crippen molar-refractivity contribution in [3.63, 3.8) is 0 Å². The Morgan fingerprint density at radius 3 is 2.57 bits per heavy atom. The van der Waals surface area contributed by atoms with Crippen LogP contribution in [0.2, 0.25) is 0 Å². The maximum Gasteiger partial charge on any atom is 0.338 e. The number of carbonyl (C=O) groups is 1. The lowest BCUT2D eigenvalue weighted by Gasteiger charge is -2.17. The lowest BCUT2D eigenvalue weighted by Crippen LogP contribution is -2.27. The van der Waals surface area contributed by atoms with Crippen LogP contribution in [0.15, 0.2) is 51.7 Å². The van der Waals surface area contributed by atoms with E-state index in [-0.39, 0.29) is 17.3 Å². The molecule has 1 fully saturated rings. The Morgan fingerprint density at radius 1 is 1.09 bits per heavy atom. The Labute approximate surface area is 206 Å². The summed E-state index contributed by atoms with van der Waals surface area (Å²) in [5.41, 5.74) is 2.70. The fourth-order valence-corrected chi connectivity index (χ4v) is 4.86. The first-order chi connectivity index (χ1) is 17.0. The minimum Gasteiger partial charge on any atom is -0.496 e. The van der Waals surface area contributed by atoms with Crippen molar-refractivity contribution < 1.29 is 18.7 Å². The van der Waals surface area contributed by atoms with E-state index in [4.69, 9.17) is 13.9 Å². The second-order valence-corrected chi connectivity index (χ2v) is 9.09. The molecular formula is C29H35NO5. The number of hydrogen-bond acceptors (Lipinski definition) is 6. The molecule has 1 aliphatic carbocycles. The molecule has 2 atom stereocenters. The van der Waals surface area contributed by atoms with Crippen molar-refractivity contribution in [3.05, 3.63) is 75.1 Å². The first-order valence-corrected chi connectivity index (χ1v) is 12.6. The smallest absolute Gasteiger partial charge is 0.338 e. The maximum atomic E-state index is 13.6. The van der Waals surface area contributed by atoms with Crippen LogP contribution in [0.4, 0.5) is 0 Å². The summed E-state index contributed by atoms with van der Waals surface area (Å²) in [6.45, 7) is 9.04. The van der Waals surface area contributed by atoms with Crippen LogP contribution in [0.1, 0.15) is 72.7 Å². The van der Waals surface area contributed by atoms with Gasteiger partial charge in [0, 0.05) is 18.0 Å². The van der Waals surface area contributed by atoms with Gasteiger partial charge in [0.15, 0.2) is 5.43 Å². The number of methoxy groups -OCH3 is 1. The van der Waals surface area contributed by atoms with Crippen molar-refractivity contribution in [2.45, 2.75) is 51.9 Å². The van der Waals surface area contributed by atoms with Crippen molar-refractivity contribution in [3.8, 4) is 5.75 Å². The Balaban J connectivity index is 1.61. The molecule has 6 heteroatoms. The van der Waals surface area contributed by atoms with Crippen molar-refractivity contribution in [1.82, 2.24) is 4.90 Å². The van der Waals surface area contributed by atoms with Crippen molar-refractivity contribution in [2.24, 2.45) is 0 Å². The number of para-hydroxylation sites is 1. The van der Waals surface area contributed by atoms with E-state index in [1.54, 1.807) is 25.3 Å². The molecule has 4 rings (SSSR count). The third-order valence-electron chi connectivity index (χ3n) is 6.95. The molecule has 0 bridgehead atoms. The molecule has 1 aromatic heterocycles. The van der Waals surface area contributed by atoms with E-state index in [0.29, 0.717) is 36.1 Å². The summed E-state index contributed by atoms with van der Waals surface area (Å²) in [5.74, 6) is 1.63. The van der Waals surface area contributed by atoms with E-state index in [1.807, 2.05) is 18.2 Å². The second kappa shape index (κ2) is 11.1. The number of ether oxygens (including phenoxy) is 2. The van der Waals surface area contributed by atoms with Gasteiger partial charge in [-0.2, -0.15) is 0 Å². The summed E-state index contributed by atoms with van der Waals surface area (Å²) in [5, 5.41) is 0.435. The van der Waals surface area contributed by atoms with Gasteiger partial charge in [0.2, 0.25) is 0 Å². The number of likely N-dealkylation sites (N-methyl/N-ethyl adjacent to an activating group) is 1. The Hall–Kier alpha value is -3.12. The van der Waals surface area contributed by atoms with Crippen LogP contribution in [0.3, 0.4) is 0 Å². The number of rotatable bonds is 11. The normalized spacial score (nSPS) is 17.1. The van der Waals surface area contributed by atoms with Gasteiger partial charge < -0.3 is 18.8 Å². The number of fused-ring (bicyclic) bond motifs is 1. The summed E-state index contributed by atoms with van der Waals surface area (Å²) in [4.78, 5) is 28.4. The zero-order chi connectivity index (χ0) is 24.9. The highest BCUT2D eigenvalue weighted by molar-refractivity contribution is 5.94. The van der Waals surface area contributed by atoms with E-state index >= 15 is 0 Å². The third-order valence-corrected chi connectivity index (χ3v) is 6.95. The van der Waals surface area contributed by atoms with Crippen LogP contribution >= 0.6 is 0 Å². The zero-order valence-electron chi connectivity index (χ0n) is 21.1. The molecule has 1 heterocycles.